The number of nitrogens with two attached hydrogens (primary N) is 1. The van der Waals surface area contributed by atoms with Crippen molar-refractivity contribution in [2.75, 3.05) is 17.6 Å². The first-order valence-corrected chi connectivity index (χ1v) is 4.75. The van der Waals surface area contributed by atoms with Crippen LogP contribution in [0.4, 0.5) is 11.6 Å². The molecule has 1 aliphatic rings. The third-order valence-corrected chi connectivity index (χ3v) is 2.33. The third-order valence-electron chi connectivity index (χ3n) is 2.33. The lowest BCUT2D eigenvalue weighted by atomic mass is 10.2. The lowest BCUT2D eigenvalue weighted by molar-refractivity contribution is 0.164. The summed E-state index contributed by atoms with van der Waals surface area (Å²) in [4.78, 5) is 7.91. The highest BCUT2D eigenvalue weighted by molar-refractivity contribution is 5.35. The topological polar surface area (TPSA) is 84.1 Å². The normalized spacial score (nSPS) is 17.8. The van der Waals surface area contributed by atoms with Crippen molar-refractivity contribution >= 4 is 11.6 Å². The smallest absolute Gasteiger partial charge is 0.144 e. The molecule has 14 heavy (non-hydrogen) atoms. The molecule has 0 aliphatic heterocycles. The van der Waals surface area contributed by atoms with Gasteiger partial charge < -0.3 is 16.2 Å². The molecular weight excluding hydrogens is 180 g/mol. The molecule has 1 aromatic heterocycles. The van der Waals surface area contributed by atoms with Crippen LogP contribution in [-0.2, 0) is 0 Å². The number of aliphatic hydroxyl groups is 1. The van der Waals surface area contributed by atoms with E-state index in [0.717, 1.165) is 12.8 Å². The Bertz CT molecular complexity index is 296. The summed E-state index contributed by atoms with van der Waals surface area (Å²) in [6.45, 7) is 0.531. The van der Waals surface area contributed by atoms with E-state index < -0.39 is 0 Å². The summed E-state index contributed by atoms with van der Waals surface area (Å²) in [7, 11) is 0. The van der Waals surface area contributed by atoms with Gasteiger partial charge in [0.1, 0.15) is 11.6 Å². The van der Waals surface area contributed by atoms with Crippen molar-refractivity contribution in [3.05, 3.63) is 12.4 Å². The third kappa shape index (κ3) is 2.32. The van der Waals surface area contributed by atoms with Gasteiger partial charge in [-0.1, -0.05) is 0 Å². The van der Waals surface area contributed by atoms with Crippen LogP contribution < -0.4 is 11.1 Å². The Morgan fingerprint density at radius 2 is 2.29 bits per heavy atom. The van der Waals surface area contributed by atoms with Crippen LogP contribution in [0.2, 0.25) is 0 Å². The van der Waals surface area contributed by atoms with E-state index in [2.05, 4.69) is 15.3 Å². The molecular formula is C9H14N4O. The Morgan fingerprint density at radius 3 is 2.86 bits per heavy atom. The summed E-state index contributed by atoms with van der Waals surface area (Å²) >= 11 is 0. The van der Waals surface area contributed by atoms with Crippen LogP contribution in [-0.4, -0.2) is 27.7 Å². The molecule has 1 fully saturated rings. The van der Waals surface area contributed by atoms with E-state index in [1.807, 2.05) is 0 Å². The summed E-state index contributed by atoms with van der Waals surface area (Å²) in [5, 5.41) is 12.6. The van der Waals surface area contributed by atoms with Gasteiger partial charge in [0, 0.05) is 6.54 Å². The number of aliphatic hydroxyl groups excluding tert-OH is 1. The van der Waals surface area contributed by atoms with Gasteiger partial charge in [-0.05, 0) is 18.8 Å². The van der Waals surface area contributed by atoms with Gasteiger partial charge in [-0.2, -0.15) is 0 Å². The van der Waals surface area contributed by atoms with Crippen molar-refractivity contribution in [2.45, 2.75) is 18.9 Å². The summed E-state index contributed by atoms with van der Waals surface area (Å²) in [6, 6.07) is 0. The number of nitrogen functional groups attached to an aromatic ring is 1. The SMILES string of the molecule is Nc1cnc(NCC(O)C2CC2)cn1. The molecule has 76 valence electrons. The highest BCUT2D eigenvalue weighted by Crippen LogP contribution is 2.32. The van der Waals surface area contributed by atoms with Crippen molar-refractivity contribution in [1.29, 1.82) is 0 Å². The maximum absolute atomic E-state index is 9.57. The quantitative estimate of drug-likeness (QED) is 0.639. The Hall–Kier alpha value is -1.36. The van der Waals surface area contributed by atoms with E-state index in [4.69, 9.17) is 5.73 Å². The molecule has 4 N–H and O–H groups in total. The Labute approximate surface area is 82.4 Å². The van der Waals surface area contributed by atoms with Crippen LogP contribution in [0.5, 0.6) is 0 Å². The molecule has 0 spiro atoms. The van der Waals surface area contributed by atoms with Crippen LogP contribution in [0, 0.1) is 5.92 Å². The molecule has 1 unspecified atom stereocenters. The van der Waals surface area contributed by atoms with Gasteiger partial charge in [0.15, 0.2) is 0 Å². The average molecular weight is 194 g/mol. The first-order valence-electron chi connectivity index (χ1n) is 4.75. The number of aromatic nitrogens is 2. The van der Waals surface area contributed by atoms with Gasteiger partial charge in [0.05, 0.1) is 18.5 Å². The summed E-state index contributed by atoms with van der Waals surface area (Å²) in [6.07, 6.45) is 5.06. The minimum atomic E-state index is -0.269. The highest BCUT2D eigenvalue weighted by Gasteiger charge is 2.29. The van der Waals surface area contributed by atoms with E-state index in [9.17, 15) is 5.11 Å². The number of nitrogens with one attached hydrogen (secondary N) is 1. The number of rotatable bonds is 4. The maximum atomic E-state index is 9.57. The fourth-order valence-corrected chi connectivity index (χ4v) is 1.29. The fourth-order valence-electron chi connectivity index (χ4n) is 1.29. The number of nitrogens with zero attached hydrogens (tertiary/aromatic N) is 2. The lowest BCUT2D eigenvalue weighted by Gasteiger charge is -2.10. The van der Waals surface area contributed by atoms with Gasteiger partial charge in [-0.3, -0.25) is 0 Å². The minimum absolute atomic E-state index is 0.269. The predicted molar refractivity (Wildman–Crippen MR) is 53.7 cm³/mol. The van der Waals surface area contributed by atoms with Gasteiger partial charge in [-0.15, -0.1) is 0 Å². The molecule has 1 atom stereocenters. The molecule has 0 aromatic carbocycles. The largest absolute Gasteiger partial charge is 0.391 e. The van der Waals surface area contributed by atoms with E-state index in [-0.39, 0.29) is 6.10 Å². The van der Waals surface area contributed by atoms with Crippen molar-refractivity contribution in [3.63, 3.8) is 0 Å². The maximum Gasteiger partial charge on any atom is 0.144 e. The van der Waals surface area contributed by atoms with Crippen molar-refractivity contribution in [3.8, 4) is 0 Å². The summed E-state index contributed by atoms with van der Waals surface area (Å²) in [5.74, 6) is 1.53. The van der Waals surface area contributed by atoms with Crippen LogP contribution in [0.15, 0.2) is 12.4 Å². The Balaban J connectivity index is 1.82. The Morgan fingerprint density at radius 1 is 1.50 bits per heavy atom. The van der Waals surface area contributed by atoms with Crippen LogP contribution in [0.1, 0.15) is 12.8 Å². The molecule has 1 saturated carbocycles. The number of hydrogen-bond acceptors (Lipinski definition) is 5. The van der Waals surface area contributed by atoms with E-state index in [1.165, 1.54) is 6.20 Å². The van der Waals surface area contributed by atoms with E-state index in [1.54, 1.807) is 6.20 Å². The van der Waals surface area contributed by atoms with Crippen molar-refractivity contribution in [2.24, 2.45) is 5.92 Å². The Kier molecular flexibility index (Phi) is 2.49. The second kappa shape index (κ2) is 3.79. The van der Waals surface area contributed by atoms with Crippen LogP contribution in [0.3, 0.4) is 0 Å². The monoisotopic (exact) mass is 194 g/mol. The van der Waals surface area contributed by atoms with Crippen LogP contribution in [0.25, 0.3) is 0 Å². The summed E-state index contributed by atoms with van der Waals surface area (Å²) < 4.78 is 0. The molecule has 2 rings (SSSR count). The standard InChI is InChI=1S/C9H14N4O/c10-8-4-13-9(5-11-8)12-3-7(14)6-1-2-6/h4-7,14H,1-3H2,(H2,10,11)(H,12,13). The molecule has 0 amide bonds. The molecule has 5 nitrogen and oxygen atoms in total. The van der Waals surface area contributed by atoms with Crippen molar-refractivity contribution < 1.29 is 5.11 Å². The zero-order chi connectivity index (χ0) is 9.97. The summed E-state index contributed by atoms with van der Waals surface area (Å²) in [5.41, 5.74) is 5.39. The zero-order valence-corrected chi connectivity index (χ0v) is 7.85. The second-order valence-electron chi connectivity index (χ2n) is 3.61. The van der Waals surface area contributed by atoms with E-state index >= 15 is 0 Å². The molecule has 1 heterocycles. The molecule has 1 aromatic rings. The number of anilines is 2. The highest BCUT2D eigenvalue weighted by atomic mass is 16.3. The molecule has 1 aliphatic carbocycles. The number of hydrogen-bond donors (Lipinski definition) is 3. The van der Waals surface area contributed by atoms with Gasteiger partial charge in [0.2, 0.25) is 0 Å². The first kappa shape index (κ1) is 9.21. The first-order chi connectivity index (χ1) is 6.75. The van der Waals surface area contributed by atoms with Crippen molar-refractivity contribution in [1.82, 2.24) is 9.97 Å². The molecule has 0 radical (unpaired) electrons. The zero-order valence-electron chi connectivity index (χ0n) is 7.85. The van der Waals surface area contributed by atoms with Gasteiger partial charge >= 0.3 is 0 Å². The minimum Gasteiger partial charge on any atom is -0.391 e. The molecule has 0 bridgehead atoms. The average Bonchev–Trinajstić information content (AvgIpc) is 3.00. The molecule has 0 saturated heterocycles. The molecule has 5 heteroatoms. The van der Waals surface area contributed by atoms with Gasteiger partial charge in [-0.25, -0.2) is 9.97 Å². The fraction of sp³-hybridized carbons (Fsp3) is 0.556. The predicted octanol–water partition coefficient (Wildman–Crippen LogP) is 0.242. The van der Waals surface area contributed by atoms with E-state index in [0.29, 0.717) is 24.1 Å². The lowest BCUT2D eigenvalue weighted by Crippen LogP contribution is -2.21. The van der Waals surface area contributed by atoms with Crippen LogP contribution >= 0.6 is 0 Å². The second-order valence-corrected chi connectivity index (χ2v) is 3.61. The van der Waals surface area contributed by atoms with Gasteiger partial charge in [0.25, 0.3) is 0 Å².